The van der Waals surface area contributed by atoms with Crippen molar-refractivity contribution in [3.8, 4) is 0 Å². The lowest BCUT2D eigenvalue weighted by atomic mass is 10.1. The third kappa shape index (κ3) is 3.83. The molecule has 1 saturated heterocycles. The van der Waals surface area contributed by atoms with Gasteiger partial charge in [0.25, 0.3) is 0 Å². The van der Waals surface area contributed by atoms with Crippen LogP contribution in [-0.4, -0.2) is 31.8 Å². The molecular weight excluding hydrogens is 255 g/mol. The van der Waals surface area contributed by atoms with Gasteiger partial charge < -0.3 is 15.4 Å². The molecule has 1 fully saturated rings. The Hall–Kier alpha value is -0.840. The number of anilines is 1. The Morgan fingerprint density at radius 1 is 1.61 bits per heavy atom. The number of benzene rings is 1. The molecule has 1 heterocycles. The van der Waals surface area contributed by atoms with E-state index in [0.717, 1.165) is 31.9 Å². The first-order valence-corrected chi connectivity index (χ1v) is 6.55. The first-order chi connectivity index (χ1) is 8.65. The normalized spacial score (nSPS) is 21.6. The summed E-state index contributed by atoms with van der Waals surface area (Å²) in [6, 6.07) is 5.37. The first kappa shape index (κ1) is 13.6. The summed E-state index contributed by atoms with van der Waals surface area (Å²) in [5, 5.41) is 6.81. The van der Waals surface area contributed by atoms with E-state index in [4.69, 9.17) is 16.3 Å². The molecule has 0 aromatic heterocycles. The van der Waals surface area contributed by atoms with Crippen molar-refractivity contribution in [1.82, 2.24) is 5.32 Å². The van der Waals surface area contributed by atoms with Crippen molar-refractivity contribution in [1.29, 1.82) is 0 Å². The molecule has 1 aliphatic heterocycles. The molecule has 100 valence electrons. The summed E-state index contributed by atoms with van der Waals surface area (Å²) in [6.07, 6.45) is 0.935. The molecule has 18 heavy (non-hydrogen) atoms. The molecule has 1 aliphatic rings. The van der Waals surface area contributed by atoms with Gasteiger partial charge in [-0.05, 0) is 31.5 Å². The number of hydrogen-bond acceptors (Lipinski definition) is 3. The minimum atomic E-state index is -0.395. The third-order valence-corrected chi connectivity index (χ3v) is 3.28. The van der Waals surface area contributed by atoms with Gasteiger partial charge in [-0.2, -0.15) is 0 Å². The van der Waals surface area contributed by atoms with E-state index in [9.17, 15) is 4.39 Å². The van der Waals surface area contributed by atoms with E-state index < -0.39 is 5.82 Å². The fraction of sp³-hybridized carbons (Fsp3) is 0.538. The van der Waals surface area contributed by atoms with Crippen molar-refractivity contribution in [3.63, 3.8) is 0 Å². The molecule has 0 bridgehead atoms. The van der Waals surface area contributed by atoms with Crippen LogP contribution in [0.1, 0.15) is 13.3 Å². The molecular formula is C13H18ClFN2O. The van der Waals surface area contributed by atoms with Crippen LogP contribution in [0.25, 0.3) is 0 Å². The second kappa shape index (κ2) is 6.36. The molecule has 5 heteroatoms. The molecule has 2 rings (SSSR count). The number of nitrogens with one attached hydrogen (secondary N) is 2. The smallest absolute Gasteiger partial charge is 0.143 e. The van der Waals surface area contributed by atoms with Crippen LogP contribution in [0.15, 0.2) is 18.2 Å². The zero-order valence-electron chi connectivity index (χ0n) is 10.4. The van der Waals surface area contributed by atoms with Crippen LogP contribution in [0.2, 0.25) is 5.02 Å². The molecule has 2 unspecified atom stereocenters. The van der Waals surface area contributed by atoms with Gasteiger partial charge in [0.1, 0.15) is 5.82 Å². The van der Waals surface area contributed by atoms with Gasteiger partial charge in [-0.25, -0.2) is 4.39 Å². The van der Waals surface area contributed by atoms with Gasteiger partial charge in [-0.1, -0.05) is 11.6 Å². The molecule has 3 nitrogen and oxygen atoms in total. The summed E-state index contributed by atoms with van der Waals surface area (Å²) in [6.45, 7) is 4.48. The van der Waals surface area contributed by atoms with E-state index in [-0.39, 0.29) is 11.1 Å². The van der Waals surface area contributed by atoms with Crippen molar-refractivity contribution in [2.75, 3.05) is 25.1 Å². The van der Waals surface area contributed by atoms with Crippen molar-refractivity contribution in [2.24, 2.45) is 0 Å². The summed E-state index contributed by atoms with van der Waals surface area (Å²) < 4.78 is 18.7. The maximum atomic E-state index is 13.3. The van der Waals surface area contributed by atoms with Gasteiger partial charge in [-0.15, -0.1) is 0 Å². The largest absolute Gasteiger partial charge is 0.382 e. The highest BCUT2D eigenvalue weighted by Crippen LogP contribution is 2.20. The molecule has 2 atom stereocenters. The summed E-state index contributed by atoms with van der Waals surface area (Å²) in [5.74, 6) is -0.395. The second-order valence-corrected chi connectivity index (χ2v) is 5.04. The van der Waals surface area contributed by atoms with Gasteiger partial charge in [0.2, 0.25) is 0 Å². The van der Waals surface area contributed by atoms with Gasteiger partial charge in [-0.3, -0.25) is 0 Å². The number of ether oxygens (including phenoxy) is 1. The van der Waals surface area contributed by atoms with E-state index >= 15 is 0 Å². The molecule has 0 spiro atoms. The predicted octanol–water partition coefficient (Wildman–Crippen LogP) is 2.66. The van der Waals surface area contributed by atoms with Crippen LogP contribution in [0, 0.1) is 5.82 Å². The Morgan fingerprint density at radius 3 is 3.11 bits per heavy atom. The topological polar surface area (TPSA) is 33.3 Å². The van der Waals surface area contributed by atoms with Gasteiger partial charge in [0.05, 0.1) is 18.2 Å². The SMILES string of the molecule is CC(CC1COCCN1)Nc1ccc(Cl)c(F)c1. The predicted molar refractivity (Wildman–Crippen MR) is 71.7 cm³/mol. The fourth-order valence-electron chi connectivity index (χ4n) is 2.13. The van der Waals surface area contributed by atoms with Crippen molar-refractivity contribution >= 4 is 17.3 Å². The Bertz CT molecular complexity index is 397. The molecule has 0 amide bonds. The Kier molecular flexibility index (Phi) is 4.80. The fourth-order valence-corrected chi connectivity index (χ4v) is 2.24. The summed E-state index contributed by atoms with van der Waals surface area (Å²) >= 11 is 5.64. The lowest BCUT2D eigenvalue weighted by Gasteiger charge is -2.27. The minimum absolute atomic E-state index is 0.149. The van der Waals surface area contributed by atoms with Crippen LogP contribution in [-0.2, 0) is 4.74 Å². The molecule has 0 aliphatic carbocycles. The van der Waals surface area contributed by atoms with E-state index in [2.05, 4.69) is 17.6 Å². The minimum Gasteiger partial charge on any atom is -0.382 e. The van der Waals surface area contributed by atoms with Crippen molar-refractivity contribution in [3.05, 3.63) is 29.0 Å². The van der Waals surface area contributed by atoms with Crippen LogP contribution >= 0.6 is 11.6 Å². The van der Waals surface area contributed by atoms with E-state index in [1.807, 2.05) is 0 Å². The number of halogens is 2. The lowest BCUT2D eigenvalue weighted by Crippen LogP contribution is -2.43. The maximum absolute atomic E-state index is 13.3. The Balaban J connectivity index is 1.85. The number of morpholine rings is 1. The monoisotopic (exact) mass is 272 g/mol. The van der Waals surface area contributed by atoms with Gasteiger partial charge in [0.15, 0.2) is 0 Å². The lowest BCUT2D eigenvalue weighted by molar-refractivity contribution is 0.0731. The maximum Gasteiger partial charge on any atom is 0.143 e. The molecule has 2 N–H and O–H groups in total. The average Bonchev–Trinajstić information content (AvgIpc) is 2.35. The molecule has 0 radical (unpaired) electrons. The third-order valence-electron chi connectivity index (χ3n) is 2.97. The van der Waals surface area contributed by atoms with E-state index in [0.29, 0.717) is 6.04 Å². The summed E-state index contributed by atoms with van der Waals surface area (Å²) in [4.78, 5) is 0. The highest BCUT2D eigenvalue weighted by molar-refractivity contribution is 6.30. The molecule has 1 aromatic rings. The highest BCUT2D eigenvalue weighted by atomic mass is 35.5. The summed E-state index contributed by atoms with van der Waals surface area (Å²) in [7, 11) is 0. The van der Waals surface area contributed by atoms with E-state index in [1.54, 1.807) is 12.1 Å². The first-order valence-electron chi connectivity index (χ1n) is 6.18. The van der Waals surface area contributed by atoms with Gasteiger partial charge in [0, 0.05) is 24.3 Å². The van der Waals surface area contributed by atoms with Crippen molar-refractivity contribution in [2.45, 2.75) is 25.4 Å². The van der Waals surface area contributed by atoms with Crippen LogP contribution in [0.4, 0.5) is 10.1 Å². The standard InChI is InChI=1S/C13H18ClFN2O/c1-9(6-11-8-18-5-4-16-11)17-10-2-3-12(14)13(15)7-10/h2-3,7,9,11,16-17H,4-6,8H2,1H3. The average molecular weight is 273 g/mol. The van der Waals surface area contributed by atoms with Gasteiger partial charge >= 0.3 is 0 Å². The number of rotatable bonds is 4. The number of hydrogen-bond donors (Lipinski definition) is 2. The Morgan fingerprint density at radius 2 is 2.44 bits per heavy atom. The quantitative estimate of drug-likeness (QED) is 0.884. The van der Waals surface area contributed by atoms with E-state index in [1.165, 1.54) is 6.07 Å². The summed E-state index contributed by atoms with van der Waals surface area (Å²) in [5.41, 5.74) is 0.751. The molecule has 1 aromatic carbocycles. The second-order valence-electron chi connectivity index (χ2n) is 4.64. The van der Waals surface area contributed by atoms with Crippen LogP contribution in [0.5, 0.6) is 0 Å². The van der Waals surface area contributed by atoms with Crippen LogP contribution in [0.3, 0.4) is 0 Å². The Labute approximate surface area is 112 Å². The zero-order valence-corrected chi connectivity index (χ0v) is 11.1. The zero-order chi connectivity index (χ0) is 13.0. The van der Waals surface area contributed by atoms with Crippen molar-refractivity contribution < 1.29 is 9.13 Å². The molecule has 0 saturated carbocycles. The highest BCUT2D eigenvalue weighted by Gasteiger charge is 2.16. The van der Waals surface area contributed by atoms with Crippen LogP contribution < -0.4 is 10.6 Å².